The number of furan rings is 1. The molecular weight excluding hydrogens is 354 g/mol. The molecule has 0 saturated heterocycles. The Morgan fingerprint density at radius 2 is 2.21 bits per heavy atom. The number of ether oxygens (including phenoxy) is 1. The molecule has 2 aromatic heterocycles. The normalized spacial score (nSPS) is 15.5. The Labute approximate surface area is 142 Å². The number of carbonyl (C=O) groups excluding carboxylic acids is 2. The van der Waals surface area contributed by atoms with E-state index in [-0.39, 0.29) is 40.9 Å². The van der Waals surface area contributed by atoms with Crippen LogP contribution in [0, 0.1) is 0 Å². The van der Waals surface area contributed by atoms with Gasteiger partial charge in [0.05, 0.1) is 29.9 Å². The minimum absolute atomic E-state index is 0.0191. The number of hydrogen-bond acceptors (Lipinski definition) is 7. The third kappa shape index (κ3) is 3.22. The van der Waals surface area contributed by atoms with E-state index < -0.39 is 21.7 Å². The average molecular weight is 369 g/mol. The molecule has 3 rings (SSSR count). The summed E-state index contributed by atoms with van der Waals surface area (Å²) >= 11 is 1.09. The maximum Gasteiger partial charge on any atom is 0.341 e. The minimum atomic E-state index is -3.18. The SMILES string of the molecule is CCOC(=O)c1c(NC(=O)c2ccco2)sc2c1CCS(=O)(=O)C2. The average Bonchev–Trinajstić information content (AvgIpc) is 3.13. The summed E-state index contributed by atoms with van der Waals surface area (Å²) in [7, 11) is -3.18. The van der Waals surface area contributed by atoms with Crippen molar-refractivity contribution >= 4 is 38.1 Å². The summed E-state index contributed by atoms with van der Waals surface area (Å²) in [5, 5.41) is 2.92. The summed E-state index contributed by atoms with van der Waals surface area (Å²) < 4.78 is 33.7. The molecule has 0 bridgehead atoms. The standard InChI is InChI=1S/C15H15NO6S2/c1-2-21-15(18)12-9-5-7-24(19,20)8-11(9)23-14(12)16-13(17)10-4-3-6-22-10/h3-4,6H,2,5,7-8H2,1H3,(H,16,17). The van der Waals surface area contributed by atoms with Gasteiger partial charge in [0.25, 0.3) is 5.91 Å². The molecule has 0 unspecified atom stereocenters. The van der Waals surface area contributed by atoms with Gasteiger partial charge < -0.3 is 14.5 Å². The van der Waals surface area contributed by atoms with Crippen LogP contribution in [0.25, 0.3) is 0 Å². The summed E-state index contributed by atoms with van der Waals surface area (Å²) in [6.07, 6.45) is 1.60. The summed E-state index contributed by atoms with van der Waals surface area (Å²) in [6, 6.07) is 3.07. The fourth-order valence-electron chi connectivity index (χ4n) is 2.50. The highest BCUT2D eigenvalue weighted by atomic mass is 32.2. The number of fused-ring (bicyclic) bond motifs is 1. The number of rotatable bonds is 4. The molecule has 0 aromatic carbocycles. The molecule has 2 aromatic rings. The molecule has 1 amide bonds. The van der Waals surface area contributed by atoms with Crippen LogP contribution in [0.2, 0.25) is 0 Å². The number of anilines is 1. The fourth-order valence-corrected chi connectivity index (χ4v) is 5.54. The number of hydrogen-bond donors (Lipinski definition) is 1. The van der Waals surface area contributed by atoms with E-state index in [1.54, 1.807) is 13.0 Å². The van der Waals surface area contributed by atoms with Gasteiger partial charge in [0, 0.05) is 4.88 Å². The second kappa shape index (κ2) is 6.40. The van der Waals surface area contributed by atoms with Gasteiger partial charge in [-0.2, -0.15) is 0 Å². The summed E-state index contributed by atoms with van der Waals surface area (Å²) in [4.78, 5) is 25.0. The van der Waals surface area contributed by atoms with Gasteiger partial charge in [-0.25, -0.2) is 13.2 Å². The Morgan fingerprint density at radius 1 is 1.42 bits per heavy atom. The first kappa shape index (κ1) is 16.7. The van der Waals surface area contributed by atoms with Gasteiger partial charge in [0.2, 0.25) is 0 Å². The Bertz CT molecular complexity index is 879. The lowest BCUT2D eigenvalue weighted by atomic mass is 10.1. The summed E-state index contributed by atoms with van der Waals surface area (Å²) in [6.45, 7) is 1.87. The van der Waals surface area contributed by atoms with E-state index >= 15 is 0 Å². The van der Waals surface area contributed by atoms with Crippen molar-refractivity contribution in [3.8, 4) is 0 Å². The van der Waals surface area contributed by atoms with Crippen molar-refractivity contribution in [2.24, 2.45) is 0 Å². The molecule has 0 spiro atoms. The van der Waals surface area contributed by atoms with Crippen molar-refractivity contribution in [1.29, 1.82) is 0 Å². The zero-order valence-corrected chi connectivity index (χ0v) is 14.5. The molecule has 0 aliphatic carbocycles. The number of carbonyl (C=O) groups is 2. The van der Waals surface area contributed by atoms with Crippen molar-refractivity contribution in [1.82, 2.24) is 0 Å². The van der Waals surface area contributed by atoms with E-state index in [9.17, 15) is 18.0 Å². The Hall–Kier alpha value is -2.13. The topological polar surface area (TPSA) is 103 Å². The maximum absolute atomic E-state index is 12.3. The Morgan fingerprint density at radius 3 is 2.88 bits per heavy atom. The Balaban J connectivity index is 2.00. The minimum Gasteiger partial charge on any atom is -0.462 e. The number of sulfone groups is 1. The van der Waals surface area contributed by atoms with Crippen LogP contribution in [-0.4, -0.2) is 32.7 Å². The van der Waals surface area contributed by atoms with E-state index in [0.29, 0.717) is 10.4 Å². The van der Waals surface area contributed by atoms with Crippen LogP contribution in [0.3, 0.4) is 0 Å². The lowest BCUT2D eigenvalue weighted by Crippen LogP contribution is -2.20. The van der Waals surface area contributed by atoms with Crippen LogP contribution >= 0.6 is 11.3 Å². The van der Waals surface area contributed by atoms with Crippen LogP contribution in [0.15, 0.2) is 22.8 Å². The predicted octanol–water partition coefficient (Wildman–Crippen LogP) is 2.24. The molecule has 1 aliphatic heterocycles. The third-order valence-electron chi connectivity index (χ3n) is 3.56. The van der Waals surface area contributed by atoms with Crippen LogP contribution in [0.5, 0.6) is 0 Å². The largest absolute Gasteiger partial charge is 0.462 e. The van der Waals surface area contributed by atoms with E-state index in [4.69, 9.17) is 9.15 Å². The van der Waals surface area contributed by atoms with E-state index in [2.05, 4.69) is 5.32 Å². The van der Waals surface area contributed by atoms with Crippen LogP contribution in [0.4, 0.5) is 5.00 Å². The van der Waals surface area contributed by atoms with Gasteiger partial charge in [-0.15, -0.1) is 11.3 Å². The van der Waals surface area contributed by atoms with Gasteiger partial charge in [0.1, 0.15) is 5.00 Å². The monoisotopic (exact) mass is 369 g/mol. The van der Waals surface area contributed by atoms with Gasteiger partial charge in [-0.3, -0.25) is 4.79 Å². The molecule has 9 heteroatoms. The predicted molar refractivity (Wildman–Crippen MR) is 88.1 cm³/mol. The molecule has 1 aliphatic rings. The van der Waals surface area contributed by atoms with Gasteiger partial charge in [-0.05, 0) is 31.0 Å². The zero-order valence-electron chi connectivity index (χ0n) is 12.8. The Kier molecular flexibility index (Phi) is 4.46. The maximum atomic E-state index is 12.3. The highest BCUT2D eigenvalue weighted by molar-refractivity contribution is 7.90. The molecule has 128 valence electrons. The highest BCUT2D eigenvalue weighted by Gasteiger charge is 2.32. The number of thiophene rings is 1. The molecule has 24 heavy (non-hydrogen) atoms. The van der Waals surface area contributed by atoms with Crippen molar-refractivity contribution < 1.29 is 27.2 Å². The van der Waals surface area contributed by atoms with E-state index in [1.807, 2.05) is 0 Å². The zero-order chi connectivity index (χ0) is 17.3. The number of nitrogens with one attached hydrogen (secondary N) is 1. The fraction of sp³-hybridized carbons (Fsp3) is 0.333. The lowest BCUT2D eigenvalue weighted by molar-refractivity contribution is 0.0527. The molecule has 0 radical (unpaired) electrons. The number of esters is 1. The smallest absolute Gasteiger partial charge is 0.341 e. The molecule has 0 atom stereocenters. The first-order chi connectivity index (χ1) is 11.4. The van der Waals surface area contributed by atoms with Crippen molar-refractivity contribution in [2.75, 3.05) is 17.7 Å². The highest BCUT2D eigenvalue weighted by Crippen LogP contribution is 2.38. The quantitative estimate of drug-likeness (QED) is 0.829. The van der Waals surface area contributed by atoms with Gasteiger partial charge in [0.15, 0.2) is 15.6 Å². The van der Waals surface area contributed by atoms with Gasteiger partial charge in [-0.1, -0.05) is 0 Å². The molecule has 0 saturated carbocycles. The lowest BCUT2D eigenvalue weighted by Gasteiger charge is -2.13. The first-order valence-corrected chi connectivity index (χ1v) is 9.92. The van der Waals surface area contributed by atoms with Crippen molar-refractivity contribution in [2.45, 2.75) is 19.1 Å². The summed E-state index contributed by atoms with van der Waals surface area (Å²) in [5.41, 5.74) is 0.884. The van der Waals surface area contributed by atoms with Crippen molar-refractivity contribution in [3.05, 3.63) is 40.2 Å². The molecular formula is C15H15NO6S2. The van der Waals surface area contributed by atoms with Crippen LogP contribution in [-0.2, 0) is 26.7 Å². The first-order valence-electron chi connectivity index (χ1n) is 7.28. The van der Waals surface area contributed by atoms with Crippen LogP contribution in [0.1, 0.15) is 38.3 Å². The van der Waals surface area contributed by atoms with Crippen LogP contribution < -0.4 is 5.32 Å². The van der Waals surface area contributed by atoms with Crippen molar-refractivity contribution in [3.63, 3.8) is 0 Å². The van der Waals surface area contributed by atoms with Gasteiger partial charge >= 0.3 is 5.97 Å². The second-order valence-electron chi connectivity index (χ2n) is 5.20. The summed E-state index contributed by atoms with van der Waals surface area (Å²) in [5.74, 6) is -1.12. The van der Waals surface area contributed by atoms with E-state index in [0.717, 1.165) is 11.3 Å². The number of amides is 1. The molecule has 0 fully saturated rings. The third-order valence-corrected chi connectivity index (χ3v) is 6.44. The molecule has 7 nitrogen and oxygen atoms in total. The second-order valence-corrected chi connectivity index (χ2v) is 8.49. The molecule has 1 N–H and O–H groups in total. The molecule has 3 heterocycles. The van der Waals surface area contributed by atoms with E-state index in [1.165, 1.54) is 12.3 Å².